The molecule has 3 amide bonds. The fourth-order valence-corrected chi connectivity index (χ4v) is 4.72. The van der Waals surface area contributed by atoms with E-state index in [0.29, 0.717) is 0 Å². The van der Waals surface area contributed by atoms with Gasteiger partial charge >= 0.3 is 18.0 Å². The number of aryl methyl sites for hydroxylation is 1. The van der Waals surface area contributed by atoms with Gasteiger partial charge in [0, 0.05) is 28.6 Å². The number of halogens is 9. The molecular weight excluding hydrogens is 672 g/mol. The molecule has 44 heavy (non-hydrogen) atoms. The third-order valence-electron chi connectivity index (χ3n) is 6.29. The molecule has 0 bridgehead atoms. The van der Waals surface area contributed by atoms with Gasteiger partial charge in [-0.2, -0.15) is 26.3 Å². The summed E-state index contributed by atoms with van der Waals surface area (Å²) in [5.41, 5.74) is -4.14. The Kier molecular flexibility index (Phi) is 9.73. The lowest BCUT2D eigenvalue weighted by atomic mass is 9.92. The van der Waals surface area contributed by atoms with E-state index in [1.807, 2.05) is 0 Å². The van der Waals surface area contributed by atoms with E-state index in [2.05, 4.69) is 26.1 Å². The Bertz CT molecular complexity index is 1610. The summed E-state index contributed by atoms with van der Waals surface area (Å²) in [4.78, 5) is 41.8. The van der Waals surface area contributed by atoms with Crippen LogP contribution in [0, 0.1) is 19.3 Å². The van der Waals surface area contributed by atoms with Crippen LogP contribution in [0.5, 0.6) is 0 Å². The third kappa shape index (κ3) is 6.67. The van der Waals surface area contributed by atoms with Crippen molar-refractivity contribution in [2.24, 2.45) is 5.73 Å². The van der Waals surface area contributed by atoms with E-state index >= 15 is 4.39 Å². The molecule has 3 rings (SSSR count). The van der Waals surface area contributed by atoms with E-state index in [1.54, 1.807) is 0 Å². The maximum atomic E-state index is 15.8. The molecule has 0 saturated carbocycles. The van der Waals surface area contributed by atoms with Gasteiger partial charge in [0.05, 0.1) is 23.5 Å². The molecular formula is C28H19BrF8N4O3. The number of nitrogens with zero attached hydrogens (tertiary/aromatic N) is 2. The summed E-state index contributed by atoms with van der Waals surface area (Å²) >= 11 is 2.75. The molecule has 3 N–H and O–H groups in total. The third-order valence-corrected chi connectivity index (χ3v) is 6.91. The zero-order chi connectivity index (χ0) is 33.2. The number of primary amides is 1. The van der Waals surface area contributed by atoms with Crippen LogP contribution in [0.15, 0.2) is 59.1 Å². The molecule has 0 spiro atoms. The molecule has 0 aliphatic rings. The van der Waals surface area contributed by atoms with Gasteiger partial charge in [-0.15, -0.1) is 0 Å². The summed E-state index contributed by atoms with van der Waals surface area (Å²) in [6, 6.07) is 8.94. The smallest absolute Gasteiger partial charge is 0.370 e. The van der Waals surface area contributed by atoms with Crippen LogP contribution >= 0.6 is 15.9 Å². The number of hydrogen-bond acceptors (Lipinski definition) is 3. The van der Waals surface area contributed by atoms with Crippen molar-refractivity contribution >= 4 is 50.7 Å². The van der Waals surface area contributed by atoms with Gasteiger partial charge in [-0.1, -0.05) is 36.4 Å². The first-order valence-electron chi connectivity index (χ1n) is 12.1. The van der Waals surface area contributed by atoms with Gasteiger partial charge in [-0.05, 0) is 46.6 Å². The second-order valence-electron chi connectivity index (χ2n) is 9.23. The van der Waals surface area contributed by atoms with E-state index in [9.17, 15) is 45.1 Å². The molecule has 0 aliphatic carbocycles. The largest absolute Gasteiger partial charge is 0.435 e. The summed E-state index contributed by atoms with van der Waals surface area (Å²) in [6.07, 6.45) is -13.2. The first-order valence-corrected chi connectivity index (χ1v) is 12.9. The Morgan fingerprint density at radius 3 is 2.07 bits per heavy atom. The molecule has 232 valence electrons. The van der Waals surface area contributed by atoms with E-state index in [-0.39, 0.29) is 23.4 Å². The molecule has 0 aliphatic heterocycles. The average Bonchev–Trinajstić information content (AvgIpc) is 2.93. The fraction of sp³-hybridized carbons (Fsp3) is 0.214. The molecule has 0 saturated heterocycles. The van der Waals surface area contributed by atoms with E-state index in [0.717, 1.165) is 24.0 Å². The van der Waals surface area contributed by atoms with Gasteiger partial charge in [0.25, 0.3) is 11.8 Å². The molecule has 7 nitrogen and oxygen atoms in total. The lowest BCUT2D eigenvalue weighted by molar-refractivity contribution is -0.348. The maximum Gasteiger partial charge on any atom is 0.435 e. The van der Waals surface area contributed by atoms with Gasteiger partial charge in [0.15, 0.2) is 11.5 Å². The molecule has 3 aromatic rings. The predicted molar refractivity (Wildman–Crippen MR) is 146 cm³/mol. The topological polar surface area (TPSA) is 96.9 Å². The highest BCUT2D eigenvalue weighted by atomic mass is 79.9. The highest BCUT2D eigenvalue weighted by Crippen LogP contribution is 2.54. The van der Waals surface area contributed by atoms with Crippen molar-refractivity contribution in [3.63, 3.8) is 0 Å². The number of nitrogens with one attached hydrogen (secondary N) is 1. The van der Waals surface area contributed by atoms with E-state index in [4.69, 9.17) is 12.3 Å². The lowest BCUT2D eigenvalue weighted by Crippen LogP contribution is -2.50. The monoisotopic (exact) mass is 690 g/mol. The molecule has 0 radical (unpaired) electrons. The minimum absolute atomic E-state index is 0.00239. The fourth-order valence-electron chi connectivity index (χ4n) is 4.06. The van der Waals surface area contributed by atoms with Gasteiger partial charge in [0.2, 0.25) is 5.91 Å². The summed E-state index contributed by atoms with van der Waals surface area (Å²) in [5, 5.41) is 2.17. The molecule has 0 atom stereocenters. The standard InChI is InChI=1S/C28H19BrF8N4O3/c1-14-12-16(26(31,27(32,33)34)28(35,36)37)13-19(29)23(14)40-24(43)18-4-3-5-20(22(18)30)41(11-10-21(38)42)25(44)15-6-8-17(39-2)9-7-15/h3-9,12-13H,10-11H2,1H3,(H2,38,42)(H,40,43). The number of rotatable bonds is 8. The SMILES string of the molecule is [C-]#[N+]c1ccc(C(=O)N(CCC(N)=O)c2cccc(C(=O)Nc3c(C)cc(C(F)(C(F)(F)F)C(F)(F)F)cc3Br)c2F)cc1. The summed E-state index contributed by atoms with van der Waals surface area (Å²) in [6.45, 7) is 7.59. The number of carbonyl (C=O) groups excluding carboxylic acids is 3. The van der Waals surface area contributed by atoms with Crippen molar-refractivity contribution in [2.45, 2.75) is 31.4 Å². The van der Waals surface area contributed by atoms with Crippen LogP contribution in [-0.2, 0) is 10.5 Å². The second-order valence-corrected chi connectivity index (χ2v) is 10.1. The Morgan fingerprint density at radius 2 is 1.57 bits per heavy atom. The average molecular weight is 691 g/mol. The van der Waals surface area contributed by atoms with Gasteiger partial charge in [-0.3, -0.25) is 14.4 Å². The highest BCUT2D eigenvalue weighted by Gasteiger charge is 2.73. The second kappa shape index (κ2) is 12.6. The zero-order valence-corrected chi connectivity index (χ0v) is 23.8. The van der Waals surface area contributed by atoms with Crippen LogP contribution < -0.4 is 16.0 Å². The van der Waals surface area contributed by atoms with Crippen molar-refractivity contribution < 1.29 is 49.5 Å². The van der Waals surface area contributed by atoms with Crippen LogP contribution in [0.1, 0.15) is 38.3 Å². The van der Waals surface area contributed by atoms with Crippen LogP contribution in [0.4, 0.5) is 52.2 Å². The number of amides is 3. The zero-order valence-electron chi connectivity index (χ0n) is 22.2. The Morgan fingerprint density at radius 1 is 0.977 bits per heavy atom. The number of anilines is 2. The van der Waals surface area contributed by atoms with Crippen LogP contribution in [0.25, 0.3) is 4.85 Å². The number of alkyl halides is 7. The molecule has 0 unspecified atom stereocenters. The van der Waals surface area contributed by atoms with Crippen LogP contribution in [-0.4, -0.2) is 36.6 Å². The summed E-state index contributed by atoms with van der Waals surface area (Å²) < 4.78 is 109. The number of nitrogens with two attached hydrogens (primary N) is 1. The minimum atomic E-state index is -6.37. The van der Waals surface area contributed by atoms with E-state index < -0.39 is 87.1 Å². The molecule has 0 heterocycles. The van der Waals surface area contributed by atoms with Crippen molar-refractivity contribution in [1.82, 2.24) is 0 Å². The van der Waals surface area contributed by atoms with Crippen molar-refractivity contribution in [3.8, 4) is 0 Å². The first-order chi connectivity index (χ1) is 20.3. The highest BCUT2D eigenvalue weighted by molar-refractivity contribution is 9.10. The summed E-state index contributed by atoms with van der Waals surface area (Å²) in [7, 11) is 0. The molecule has 3 aromatic carbocycles. The maximum absolute atomic E-state index is 15.8. The Balaban J connectivity index is 2.02. The van der Waals surface area contributed by atoms with Crippen molar-refractivity contribution in [1.29, 1.82) is 0 Å². The van der Waals surface area contributed by atoms with Crippen molar-refractivity contribution in [2.75, 3.05) is 16.8 Å². The van der Waals surface area contributed by atoms with Gasteiger partial charge in [-0.25, -0.2) is 13.6 Å². The number of benzene rings is 3. The normalized spacial score (nSPS) is 11.9. The summed E-state index contributed by atoms with van der Waals surface area (Å²) in [5.74, 6) is -4.17. The van der Waals surface area contributed by atoms with Crippen molar-refractivity contribution in [3.05, 3.63) is 98.6 Å². The Hall–Kier alpha value is -4.52. The lowest BCUT2D eigenvalue weighted by Gasteiger charge is -2.31. The number of carbonyl (C=O) groups is 3. The minimum Gasteiger partial charge on any atom is -0.370 e. The quantitative estimate of drug-likeness (QED) is 0.189. The van der Waals surface area contributed by atoms with Gasteiger partial charge < -0.3 is 16.0 Å². The molecule has 16 heteroatoms. The van der Waals surface area contributed by atoms with Gasteiger partial charge in [0.1, 0.15) is 0 Å². The molecule has 0 aromatic heterocycles. The van der Waals surface area contributed by atoms with E-state index in [1.165, 1.54) is 30.3 Å². The first kappa shape index (κ1) is 34.0. The van der Waals surface area contributed by atoms with Crippen LogP contribution in [0.2, 0.25) is 0 Å². The number of hydrogen-bond donors (Lipinski definition) is 2. The predicted octanol–water partition coefficient (Wildman–Crippen LogP) is 7.51. The Labute approximate surface area is 252 Å². The molecule has 0 fully saturated rings. The van der Waals surface area contributed by atoms with Crippen LogP contribution in [0.3, 0.4) is 0 Å².